The average Bonchev–Trinajstić information content (AvgIpc) is 3.10. The van der Waals surface area contributed by atoms with Crippen LogP contribution in [0.3, 0.4) is 0 Å². The molecule has 1 amide bonds. The van der Waals surface area contributed by atoms with Crippen LogP contribution in [0.1, 0.15) is 32.0 Å². The van der Waals surface area contributed by atoms with Crippen LogP contribution in [0.5, 0.6) is 0 Å². The van der Waals surface area contributed by atoms with Crippen LogP contribution < -0.4 is 5.73 Å². The van der Waals surface area contributed by atoms with Gasteiger partial charge in [0.25, 0.3) is 5.91 Å². The summed E-state index contributed by atoms with van der Waals surface area (Å²) in [5.41, 5.74) is 6.31. The standard InChI is InChI=1S/C20H16Cl4N6O2/c1-29(2)9-26-20-17(19(25)32)27-28-30(20)8-10-5-14(23)16(15(24)6-10)18(31)11-3-4-12(21)13(22)7-11/h3-7,9H,8H2,1-2H3,(H2,25,32). The highest BCUT2D eigenvalue weighted by Crippen LogP contribution is 2.31. The van der Waals surface area contributed by atoms with E-state index in [1.165, 1.54) is 29.2 Å². The van der Waals surface area contributed by atoms with Gasteiger partial charge in [0.1, 0.15) is 0 Å². The van der Waals surface area contributed by atoms with Crippen molar-refractivity contribution in [3.8, 4) is 0 Å². The zero-order chi connectivity index (χ0) is 23.6. The third-order valence-electron chi connectivity index (χ3n) is 4.20. The first-order chi connectivity index (χ1) is 15.1. The number of carbonyl (C=O) groups excluding carboxylic acids is 2. The van der Waals surface area contributed by atoms with E-state index in [4.69, 9.17) is 52.1 Å². The van der Waals surface area contributed by atoms with E-state index in [-0.39, 0.29) is 38.7 Å². The van der Waals surface area contributed by atoms with Gasteiger partial charge in [-0.1, -0.05) is 51.6 Å². The van der Waals surface area contributed by atoms with Crippen LogP contribution in [0, 0.1) is 0 Å². The van der Waals surface area contributed by atoms with Crippen LogP contribution in [0.4, 0.5) is 5.82 Å². The van der Waals surface area contributed by atoms with Gasteiger partial charge in [0, 0.05) is 19.7 Å². The topological polar surface area (TPSA) is 106 Å². The molecule has 1 heterocycles. The number of benzene rings is 2. The second-order valence-electron chi connectivity index (χ2n) is 6.88. The van der Waals surface area contributed by atoms with Gasteiger partial charge in [-0.25, -0.2) is 9.67 Å². The Bertz CT molecular complexity index is 1220. The highest BCUT2D eigenvalue weighted by atomic mass is 35.5. The summed E-state index contributed by atoms with van der Waals surface area (Å²) < 4.78 is 1.38. The fourth-order valence-electron chi connectivity index (χ4n) is 2.76. The van der Waals surface area contributed by atoms with Gasteiger partial charge in [-0.15, -0.1) is 5.10 Å². The molecule has 3 aromatic rings. The molecule has 12 heteroatoms. The first kappa shape index (κ1) is 24.0. The van der Waals surface area contributed by atoms with Crippen molar-refractivity contribution in [1.82, 2.24) is 19.9 Å². The molecule has 0 fully saturated rings. The largest absolute Gasteiger partial charge is 0.369 e. The first-order valence-electron chi connectivity index (χ1n) is 9.00. The third kappa shape index (κ3) is 5.21. The predicted octanol–water partition coefficient (Wildman–Crippen LogP) is 4.49. The SMILES string of the molecule is CN(C)C=Nc1c(C(N)=O)nnn1Cc1cc(Cl)c(C(=O)c2ccc(Cl)c(Cl)c2)c(Cl)c1. The predicted molar refractivity (Wildman–Crippen MR) is 126 cm³/mol. The molecule has 0 radical (unpaired) electrons. The lowest BCUT2D eigenvalue weighted by Crippen LogP contribution is -2.13. The summed E-state index contributed by atoms with van der Waals surface area (Å²) in [5.74, 6) is -0.992. The monoisotopic (exact) mass is 512 g/mol. The summed E-state index contributed by atoms with van der Waals surface area (Å²) in [6, 6.07) is 7.64. The molecule has 3 rings (SSSR count). The molecule has 0 spiro atoms. The molecular formula is C20H16Cl4N6O2. The van der Waals surface area contributed by atoms with Crippen LogP contribution in [-0.4, -0.2) is 52.0 Å². The summed E-state index contributed by atoms with van der Waals surface area (Å²) in [5, 5.41) is 8.58. The first-order valence-corrected chi connectivity index (χ1v) is 10.5. The molecule has 8 nitrogen and oxygen atoms in total. The normalized spacial score (nSPS) is 11.2. The number of rotatable bonds is 7. The van der Waals surface area contributed by atoms with Crippen molar-refractivity contribution in [2.75, 3.05) is 14.1 Å². The lowest BCUT2D eigenvalue weighted by molar-refractivity contribution is 0.0994. The number of carbonyl (C=O) groups is 2. The van der Waals surface area contributed by atoms with Crippen molar-refractivity contribution in [2.24, 2.45) is 10.7 Å². The van der Waals surface area contributed by atoms with Crippen molar-refractivity contribution >= 4 is 70.3 Å². The summed E-state index contributed by atoms with van der Waals surface area (Å²) >= 11 is 24.7. The molecule has 0 atom stereocenters. The number of aliphatic imine (C=N–C) groups is 1. The smallest absolute Gasteiger partial charge is 0.273 e. The minimum Gasteiger partial charge on any atom is -0.369 e. The summed E-state index contributed by atoms with van der Waals surface area (Å²) in [6.45, 7) is 0.126. The number of ketones is 1. The van der Waals surface area contributed by atoms with E-state index in [0.29, 0.717) is 16.1 Å². The lowest BCUT2D eigenvalue weighted by atomic mass is 10.0. The van der Waals surface area contributed by atoms with Gasteiger partial charge in [-0.05, 0) is 35.9 Å². The van der Waals surface area contributed by atoms with E-state index in [0.717, 1.165) is 0 Å². The maximum Gasteiger partial charge on any atom is 0.273 e. The molecule has 32 heavy (non-hydrogen) atoms. The Labute approximate surface area is 203 Å². The molecule has 1 aromatic heterocycles. The number of aromatic nitrogens is 3. The van der Waals surface area contributed by atoms with Crippen LogP contribution >= 0.6 is 46.4 Å². The lowest BCUT2D eigenvalue weighted by Gasteiger charge is -2.11. The van der Waals surface area contributed by atoms with Gasteiger partial charge in [-0.3, -0.25) is 9.59 Å². The van der Waals surface area contributed by atoms with Crippen LogP contribution in [-0.2, 0) is 6.54 Å². The minimum atomic E-state index is -0.763. The highest BCUT2D eigenvalue weighted by molar-refractivity contribution is 6.43. The van der Waals surface area contributed by atoms with Crippen LogP contribution in [0.25, 0.3) is 0 Å². The van der Waals surface area contributed by atoms with E-state index in [1.807, 2.05) is 0 Å². The number of halogens is 4. The van der Waals surface area contributed by atoms with Gasteiger partial charge < -0.3 is 10.6 Å². The van der Waals surface area contributed by atoms with E-state index in [2.05, 4.69) is 15.3 Å². The molecule has 166 valence electrons. The van der Waals surface area contributed by atoms with Crippen molar-refractivity contribution in [3.05, 3.63) is 72.8 Å². The number of nitrogens with zero attached hydrogens (tertiary/aromatic N) is 5. The molecule has 0 saturated carbocycles. The summed E-state index contributed by atoms with van der Waals surface area (Å²) in [4.78, 5) is 30.5. The highest BCUT2D eigenvalue weighted by Gasteiger charge is 2.21. The second-order valence-corrected chi connectivity index (χ2v) is 8.51. The molecule has 0 saturated heterocycles. The van der Waals surface area contributed by atoms with E-state index < -0.39 is 11.7 Å². The van der Waals surface area contributed by atoms with Crippen LogP contribution in [0.15, 0.2) is 35.3 Å². The Balaban J connectivity index is 1.96. The average molecular weight is 514 g/mol. The third-order valence-corrected chi connectivity index (χ3v) is 5.53. The molecule has 0 bridgehead atoms. The van der Waals surface area contributed by atoms with Gasteiger partial charge in [-0.2, -0.15) is 0 Å². The van der Waals surface area contributed by atoms with Crippen LogP contribution in [0.2, 0.25) is 20.1 Å². The number of nitrogens with two attached hydrogens (primary N) is 1. The quantitative estimate of drug-likeness (QED) is 0.284. The number of hydrogen-bond acceptors (Lipinski definition) is 5. The van der Waals surface area contributed by atoms with Gasteiger partial charge in [0.15, 0.2) is 17.3 Å². The Hall–Kier alpha value is -2.65. The van der Waals surface area contributed by atoms with Gasteiger partial charge in [0.05, 0.1) is 38.5 Å². The second kappa shape index (κ2) is 9.87. The van der Waals surface area contributed by atoms with Crippen molar-refractivity contribution in [3.63, 3.8) is 0 Å². The zero-order valence-corrected chi connectivity index (χ0v) is 19.8. The van der Waals surface area contributed by atoms with Crippen molar-refractivity contribution < 1.29 is 9.59 Å². The maximum absolute atomic E-state index is 12.9. The maximum atomic E-state index is 12.9. The number of amides is 1. The minimum absolute atomic E-state index is 0.0771. The fourth-order valence-corrected chi connectivity index (χ4v) is 3.76. The molecule has 0 aliphatic rings. The molecule has 2 N–H and O–H groups in total. The summed E-state index contributed by atoms with van der Waals surface area (Å²) in [6.07, 6.45) is 1.49. The number of primary amides is 1. The molecule has 2 aromatic carbocycles. The van der Waals surface area contributed by atoms with E-state index in [1.54, 1.807) is 31.1 Å². The van der Waals surface area contributed by atoms with Gasteiger partial charge >= 0.3 is 0 Å². The zero-order valence-electron chi connectivity index (χ0n) is 16.8. The number of hydrogen-bond donors (Lipinski definition) is 1. The Kier molecular flexibility index (Phi) is 7.40. The molecule has 0 unspecified atom stereocenters. The summed E-state index contributed by atoms with van der Waals surface area (Å²) in [7, 11) is 3.54. The van der Waals surface area contributed by atoms with E-state index in [9.17, 15) is 9.59 Å². The molecule has 0 aliphatic heterocycles. The van der Waals surface area contributed by atoms with Gasteiger partial charge in [0.2, 0.25) is 0 Å². The van der Waals surface area contributed by atoms with E-state index >= 15 is 0 Å². The Morgan fingerprint density at radius 2 is 1.72 bits per heavy atom. The fraction of sp³-hybridized carbons (Fsp3) is 0.150. The van der Waals surface area contributed by atoms with Crippen molar-refractivity contribution in [2.45, 2.75) is 6.54 Å². The van der Waals surface area contributed by atoms with Crippen molar-refractivity contribution in [1.29, 1.82) is 0 Å². The Morgan fingerprint density at radius 1 is 1.06 bits per heavy atom. The molecule has 0 aliphatic carbocycles. The molecular weight excluding hydrogens is 498 g/mol. The Morgan fingerprint density at radius 3 is 2.28 bits per heavy atom.